The van der Waals surface area contributed by atoms with Crippen LogP contribution < -0.4 is 14.8 Å². The molecule has 3 aromatic rings. The van der Waals surface area contributed by atoms with E-state index < -0.39 is 0 Å². The summed E-state index contributed by atoms with van der Waals surface area (Å²) < 4.78 is 11.3. The van der Waals surface area contributed by atoms with E-state index in [2.05, 4.69) is 17.5 Å². The highest BCUT2D eigenvalue weighted by Crippen LogP contribution is 2.29. The van der Waals surface area contributed by atoms with Crippen molar-refractivity contribution in [3.63, 3.8) is 0 Å². The molecule has 0 fully saturated rings. The van der Waals surface area contributed by atoms with Crippen LogP contribution >= 0.6 is 0 Å². The van der Waals surface area contributed by atoms with Gasteiger partial charge in [-0.15, -0.1) is 0 Å². The molecular formula is C23H19N3O2. The predicted molar refractivity (Wildman–Crippen MR) is 107 cm³/mol. The first-order valence-corrected chi connectivity index (χ1v) is 8.76. The summed E-state index contributed by atoms with van der Waals surface area (Å²) in [5, 5.41) is 21.7. The van der Waals surface area contributed by atoms with Gasteiger partial charge >= 0.3 is 0 Å². The van der Waals surface area contributed by atoms with Crippen molar-refractivity contribution in [2.24, 2.45) is 0 Å². The number of anilines is 1. The van der Waals surface area contributed by atoms with Gasteiger partial charge < -0.3 is 14.8 Å². The van der Waals surface area contributed by atoms with Crippen LogP contribution in [0.2, 0.25) is 0 Å². The molecule has 0 atom stereocenters. The van der Waals surface area contributed by atoms with Gasteiger partial charge in [0.05, 0.1) is 23.9 Å². The van der Waals surface area contributed by atoms with Gasteiger partial charge in [0.2, 0.25) is 0 Å². The summed E-state index contributed by atoms with van der Waals surface area (Å²) in [5.74, 6) is 1.29. The number of hydrogen-bond acceptors (Lipinski definition) is 5. The van der Waals surface area contributed by atoms with Crippen molar-refractivity contribution < 1.29 is 9.47 Å². The molecule has 0 radical (unpaired) electrons. The number of nitriles is 2. The van der Waals surface area contributed by atoms with Crippen molar-refractivity contribution in [2.75, 3.05) is 12.4 Å². The van der Waals surface area contributed by atoms with E-state index >= 15 is 0 Å². The lowest BCUT2D eigenvalue weighted by atomic mass is 10.1. The minimum Gasteiger partial charge on any atom is -0.493 e. The molecule has 1 N–H and O–H groups in total. The molecule has 0 amide bonds. The van der Waals surface area contributed by atoms with Crippen molar-refractivity contribution in [1.82, 2.24) is 0 Å². The van der Waals surface area contributed by atoms with E-state index in [4.69, 9.17) is 9.47 Å². The number of benzene rings is 3. The highest BCUT2D eigenvalue weighted by atomic mass is 16.5. The summed E-state index contributed by atoms with van der Waals surface area (Å²) in [6.07, 6.45) is 0. The largest absolute Gasteiger partial charge is 0.493 e. The monoisotopic (exact) mass is 369 g/mol. The lowest BCUT2D eigenvalue weighted by Crippen LogP contribution is -2.04. The Labute approximate surface area is 164 Å². The number of hydrogen-bond donors (Lipinski definition) is 1. The van der Waals surface area contributed by atoms with E-state index in [1.54, 1.807) is 25.3 Å². The average Bonchev–Trinajstić information content (AvgIpc) is 2.76. The highest BCUT2D eigenvalue weighted by Gasteiger charge is 2.10. The Hall–Kier alpha value is -3.96. The summed E-state index contributed by atoms with van der Waals surface area (Å²) in [5.41, 5.74) is 3.44. The van der Waals surface area contributed by atoms with Crippen molar-refractivity contribution in [3.8, 4) is 23.6 Å². The van der Waals surface area contributed by atoms with E-state index in [0.717, 1.165) is 11.1 Å². The Balaban J connectivity index is 1.73. The van der Waals surface area contributed by atoms with Crippen LogP contribution in [0.3, 0.4) is 0 Å². The lowest BCUT2D eigenvalue weighted by molar-refractivity contribution is 0.284. The molecule has 0 saturated heterocycles. The molecule has 0 bridgehead atoms. The van der Waals surface area contributed by atoms with Crippen LogP contribution in [-0.4, -0.2) is 7.11 Å². The van der Waals surface area contributed by atoms with E-state index in [-0.39, 0.29) is 0 Å². The van der Waals surface area contributed by atoms with Gasteiger partial charge in [0.1, 0.15) is 18.7 Å². The van der Waals surface area contributed by atoms with Crippen LogP contribution in [-0.2, 0) is 13.2 Å². The van der Waals surface area contributed by atoms with E-state index in [0.29, 0.717) is 41.5 Å². The normalized spacial score (nSPS) is 9.82. The Morgan fingerprint density at radius 2 is 1.54 bits per heavy atom. The Morgan fingerprint density at radius 1 is 0.821 bits per heavy atom. The summed E-state index contributed by atoms with van der Waals surface area (Å²) in [7, 11) is 1.60. The average molecular weight is 369 g/mol. The molecule has 3 rings (SSSR count). The summed E-state index contributed by atoms with van der Waals surface area (Å²) in [6.45, 7) is 0.901. The number of rotatable bonds is 7. The van der Waals surface area contributed by atoms with Gasteiger partial charge in [0.15, 0.2) is 11.5 Å². The second kappa shape index (κ2) is 9.12. The number of nitrogens with one attached hydrogen (secondary N) is 1. The number of ether oxygens (including phenoxy) is 2. The Morgan fingerprint density at radius 3 is 2.18 bits per heavy atom. The molecule has 0 spiro atoms. The van der Waals surface area contributed by atoms with E-state index in [1.165, 1.54) is 0 Å². The van der Waals surface area contributed by atoms with Gasteiger partial charge in [0, 0.05) is 6.54 Å². The van der Waals surface area contributed by atoms with Crippen LogP contribution in [0.5, 0.6) is 11.5 Å². The molecule has 5 heteroatoms. The first-order valence-electron chi connectivity index (χ1n) is 8.76. The fraction of sp³-hybridized carbons (Fsp3) is 0.130. The standard InChI is InChI=1S/C23H19N3O2/c1-27-22-12-18(10-11-21(22)28-16-17-6-3-2-4-7-17)15-26-23-19(13-24)8-5-9-20(23)14-25/h2-12,26H,15-16H2,1H3. The lowest BCUT2D eigenvalue weighted by Gasteiger charge is -2.14. The summed E-state index contributed by atoms with van der Waals surface area (Å²) in [4.78, 5) is 0. The molecule has 0 unspecified atom stereocenters. The SMILES string of the molecule is COc1cc(CNc2c(C#N)cccc2C#N)ccc1OCc1ccccc1. The second-order valence-corrected chi connectivity index (χ2v) is 6.06. The molecule has 0 aliphatic carbocycles. The minimum absolute atomic E-state index is 0.439. The third-order valence-corrected chi connectivity index (χ3v) is 4.24. The van der Waals surface area contributed by atoms with Crippen molar-refractivity contribution >= 4 is 5.69 Å². The molecule has 0 heterocycles. The molecule has 3 aromatic carbocycles. The number of methoxy groups -OCH3 is 1. The van der Waals surface area contributed by atoms with Crippen LogP contribution in [0, 0.1) is 22.7 Å². The zero-order chi connectivity index (χ0) is 19.8. The molecule has 138 valence electrons. The van der Waals surface area contributed by atoms with Gasteiger partial charge in [-0.1, -0.05) is 42.5 Å². The zero-order valence-electron chi connectivity index (χ0n) is 15.5. The minimum atomic E-state index is 0.439. The first kappa shape index (κ1) is 18.8. The van der Waals surface area contributed by atoms with Crippen LogP contribution in [0.15, 0.2) is 66.7 Å². The van der Waals surface area contributed by atoms with Crippen LogP contribution in [0.1, 0.15) is 22.3 Å². The van der Waals surface area contributed by atoms with E-state index in [1.807, 2.05) is 48.5 Å². The van der Waals surface area contributed by atoms with Gasteiger partial charge in [-0.3, -0.25) is 0 Å². The molecular weight excluding hydrogens is 350 g/mol. The quantitative estimate of drug-likeness (QED) is 0.657. The third-order valence-electron chi connectivity index (χ3n) is 4.24. The van der Waals surface area contributed by atoms with Gasteiger partial charge in [-0.05, 0) is 35.4 Å². The van der Waals surface area contributed by atoms with Crippen molar-refractivity contribution in [2.45, 2.75) is 13.2 Å². The number of para-hydroxylation sites is 1. The second-order valence-electron chi connectivity index (χ2n) is 6.06. The first-order chi connectivity index (χ1) is 13.7. The maximum absolute atomic E-state index is 9.27. The van der Waals surface area contributed by atoms with Gasteiger partial charge in [-0.2, -0.15) is 10.5 Å². The van der Waals surface area contributed by atoms with Crippen LogP contribution in [0.4, 0.5) is 5.69 Å². The Kier molecular flexibility index (Phi) is 6.13. The maximum atomic E-state index is 9.27. The molecule has 5 nitrogen and oxygen atoms in total. The fourth-order valence-electron chi connectivity index (χ4n) is 2.80. The Bertz CT molecular complexity index is 1000. The molecule has 0 aliphatic rings. The maximum Gasteiger partial charge on any atom is 0.161 e. The van der Waals surface area contributed by atoms with Crippen molar-refractivity contribution in [1.29, 1.82) is 10.5 Å². The highest BCUT2D eigenvalue weighted by molar-refractivity contribution is 5.66. The van der Waals surface area contributed by atoms with Gasteiger partial charge in [-0.25, -0.2) is 0 Å². The summed E-state index contributed by atoms with van der Waals surface area (Å²) >= 11 is 0. The topological polar surface area (TPSA) is 78.1 Å². The molecule has 0 aromatic heterocycles. The third kappa shape index (κ3) is 4.41. The summed E-state index contributed by atoms with van der Waals surface area (Å²) in [6, 6.07) is 24.9. The molecule has 28 heavy (non-hydrogen) atoms. The fourth-order valence-corrected chi connectivity index (χ4v) is 2.80. The van der Waals surface area contributed by atoms with Crippen LogP contribution in [0.25, 0.3) is 0 Å². The number of nitrogens with zero attached hydrogens (tertiary/aromatic N) is 2. The van der Waals surface area contributed by atoms with Gasteiger partial charge in [0.25, 0.3) is 0 Å². The van der Waals surface area contributed by atoms with Crippen molar-refractivity contribution in [3.05, 3.63) is 89.0 Å². The predicted octanol–water partition coefficient (Wildman–Crippen LogP) is 4.63. The van der Waals surface area contributed by atoms with E-state index in [9.17, 15) is 10.5 Å². The zero-order valence-corrected chi connectivity index (χ0v) is 15.5. The smallest absolute Gasteiger partial charge is 0.161 e. The molecule has 0 saturated carbocycles. The molecule has 0 aliphatic heterocycles.